The highest BCUT2D eigenvalue weighted by Gasteiger charge is 2.10. The van der Waals surface area contributed by atoms with E-state index in [1.165, 1.54) is 12.1 Å². The van der Waals surface area contributed by atoms with E-state index in [-0.39, 0.29) is 5.82 Å². The topological polar surface area (TPSA) is 29.9 Å². The standard InChI is InChI=1S/C13H15ClFN3/c1-9(2)8-17-13-16-5-6-18(13)12-7-10(14)3-4-11(12)15/h3-7,9H,8H2,1-2H3,(H,16,17). The van der Waals surface area contributed by atoms with Crippen molar-refractivity contribution >= 4 is 17.5 Å². The average molecular weight is 268 g/mol. The van der Waals surface area contributed by atoms with E-state index in [0.717, 1.165) is 6.54 Å². The van der Waals surface area contributed by atoms with E-state index in [0.29, 0.717) is 22.6 Å². The highest BCUT2D eigenvalue weighted by molar-refractivity contribution is 6.30. The molecule has 0 bridgehead atoms. The Hall–Kier alpha value is -1.55. The second kappa shape index (κ2) is 5.40. The molecule has 0 atom stereocenters. The van der Waals surface area contributed by atoms with Gasteiger partial charge in [0.1, 0.15) is 5.82 Å². The van der Waals surface area contributed by atoms with E-state index < -0.39 is 0 Å². The first-order chi connectivity index (χ1) is 8.58. The highest BCUT2D eigenvalue weighted by atomic mass is 35.5. The Kier molecular flexibility index (Phi) is 3.87. The Bertz CT molecular complexity index is 537. The van der Waals surface area contributed by atoms with Gasteiger partial charge in [0.2, 0.25) is 5.95 Å². The smallest absolute Gasteiger partial charge is 0.207 e. The number of hydrogen-bond acceptors (Lipinski definition) is 2. The molecule has 1 aromatic heterocycles. The summed E-state index contributed by atoms with van der Waals surface area (Å²) in [5.41, 5.74) is 0.395. The molecule has 0 spiro atoms. The zero-order chi connectivity index (χ0) is 13.1. The molecule has 0 aliphatic rings. The summed E-state index contributed by atoms with van der Waals surface area (Å²) in [6, 6.07) is 4.46. The monoisotopic (exact) mass is 267 g/mol. The second-order valence-electron chi connectivity index (χ2n) is 4.49. The van der Waals surface area contributed by atoms with Crippen molar-refractivity contribution in [1.29, 1.82) is 0 Å². The zero-order valence-electron chi connectivity index (χ0n) is 10.3. The van der Waals surface area contributed by atoms with Crippen LogP contribution in [0.3, 0.4) is 0 Å². The van der Waals surface area contributed by atoms with Gasteiger partial charge >= 0.3 is 0 Å². The van der Waals surface area contributed by atoms with Crippen molar-refractivity contribution in [3.8, 4) is 5.69 Å². The van der Waals surface area contributed by atoms with Gasteiger partial charge in [0, 0.05) is 24.0 Å². The maximum atomic E-state index is 13.8. The molecule has 0 aliphatic carbocycles. The lowest BCUT2D eigenvalue weighted by Gasteiger charge is -2.12. The van der Waals surface area contributed by atoms with Crippen molar-refractivity contribution in [2.75, 3.05) is 11.9 Å². The number of anilines is 1. The summed E-state index contributed by atoms with van der Waals surface area (Å²) in [6.07, 6.45) is 3.33. The first kappa shape index (κ1) is 12.9. The number of hydrogen-bond donors (Lipinski definition) is 1. The molecule has 1 N–H and O–H groups in total. The van der Waals surface area contributed by atoms with Crippen molar-refractivity contribution in [2.24, 2.45) is 5.92 Å². The molecular formula is C13H15ClFN3. The minimum absolute atomic E-state index is 0.329. The van der Waals surface area contributed by atoms with Crippen LogP contribution in [-0.2, 0) is 0 Å². The quantitative estimate of drug-likeness (QED) is 0.915. The molecule has 2 rings (SSSR count). The highest BCUT2D eigenvalue weighted by Crippen LogP contribution is 2.21. The number of nitrogens with one attached hydrogen (secondary N) is 1. The molecule has 5 heteroatoms. The van der Waals surface area contributed by atoms with Crippen LogP contribution in [0.15, 0.2) is 30.6 Å². The van der Waals surface area contributed by atoms with E-state index in [2.05, 4.69) is 24.1 Å². The van der Waals surface area contributed by atoms with Crippen LogP contribution in [0.1, 0.15) is 13.8 Å². The molecule has 0 saturated heterocycles. The molecule has 3 nitrogen and oxygen atoms in total. The van der Waals surface area contributed by atoms with E-state index >= 15 is 0 Å². The first-order valence-corrected chi connectivity index (χ1v) is 6.18. The van der Waals surface area contributed by atoms with Crippen LogP contribution in [0.4, 0.5) is 10.3 Å². The van der Waals surface area contributed by atoms with Crippen molar-refractivity contribution in [3.63, 3.8) is 0 Å². The van der Waals surface area contributed by atoms with Gasteiger partial charge in [-0.05, 0) is 24.1 Å². The van der Waals surface area contributed by atoms with E-state index in [1.807, 2.05) is 0 Å². The number of rotatable bonds is 4. The van der Waals surface area contributed by atoms with Crippen molar-refractivity contribution in [3.05, 3.63) is 41.4 Å². The summed E-state index contributed by atoms with van der Waals surface area (Å²) in [5, 5.41) is 3.68. The van der Waals surface area contributed by atoms with Crippen LogP contribution in [0.5, 0.6) is 0 Å². The van der Waals surface area contributed by atoms with E-state index in [1.54, 1.807) is 23.0 Å². The van der Waals surface area contributed by atoms with Gasteiger partial charge in [-0.3, -0.25) is 4.57 Å². The zero-order valence-corrected chi connectivity index (χ0v) is 11.1. The summed E-state index contributed by atoms with van der Waals surface area (Å²) in [5.74, 6) is 0.772. The van der Waals surface area contributed by atoms with Crippen molar-refractivity contribution < 1.29 is 4.39 Å². The molecular weight excluding hydrogens is 253 g/mol. The van der Waals surface area contributed by atoms with Crippen molar-refractivity contribution in [2.45, 2.75) is 13.8 Å². The van der Waals surface area contributed by atoms with Crippen LogP contribution in [0.2, 0.25) is 5.02 Å². The lowest BCUT2D eigenvalue weighted by Crippen LogP contribution is -2.12. The van der Waals surface area contributed by atoms with Gasteiger partial charge in [0.15, 0.2) is 0 Å². The summed E-state index contributed by atoms with van der Waals surface area (Å²) >= 11 is 5.89. The number of benzene rings is 1. The Morgan fingerprint density at radius 2 is 2.22 bits per heavy atom. The molecule has 2 aromatic rings. The fourth-order valence-electron chi connectivity index (χ4n) is 1.59. The van der Waals surface area contributed by atoms with Crippen LogP contribution in [-0.4, -0.2) is 16.1 Å². The number of imidazole rings is 1. The molecule has 0 fully saturated rings. The second-order valence-corrected chi connectivity index (χ2v) is 4.93. The number of halogens is 2. The number of aromatic nitrogens is 2. The van der Waals surface area contributed by atoms with Crippen LogP contribution >= 0.6 is 11.6 Å². The Morgan fingerprint density at radius 3 is 2.94 bits per heavy atom. The van der Waals surface area contributed by atoms with Gasteiger partial charge in [0.25, 0.3) is 0 Å². The van der Waals surface area contributed by atoms with Gasteiger partial charge in [-0.2, -0.15) is 0 Å². The van der Waals surface area contributed by atoms with Gasteiger partial charge in [-0.25, -0.2) is 9.37 Å². The predicted molar refractivity (Wildman–Crippen MR) is 71.9 cm³/mol. The molecule has 0 amide bonds. The van der Waals surface area contributed by atoms with Crippen LogP contribution in [0, 0.1) is 11.7 Å². The van der Waals surface area contributed by atoms with E-state index in [4.69, 9.17) is 11.6 Å². The summed E-state index contributed by atoms with van der Waals surface area (Å²) in [7, 11) is 0. The molecule has 0 aliphatic heterocycles. The molecule has 0 unspecified atom stereocenters. The minimum Gasteiger partial charge on any atom is -0.355 e. The third-order valence-corrected chi connectivity index (χ3v) is 2.71. The van der Waals surface area contributed by atoms with Gasteiger partial charge in [-0.15, -0.1) is 0 Å². The molecule has 0 saturated carbocycles. The Labute approximate surface area is 111 Å². The largest absolute Gasteiger partial charge is 0.355 e. The lowest BCUT2D eigenvalue weighted by atomic mass is 10.2. The van der Waals surface area contributed by atoms with Gasteiger partial charge in [-0.1, -0.05) is 25.4 Å². The Balaban J connectivity index is 2.33. The van der Waals surface area contributed by atoms with Crippen LogP contribution in [0.25, 0.3) is 5.69 Å². The average Bonchev–Trinajstić information content (AvgIpc) is 2.77. The fourth-order valence-corrected chi connectivity index (χ4v) is 1.76. The maximum Gasteiger partial charge on any atom is 0.207 e. The van der Waals surface area contributed by atoms with Crippen molar-refractivity contribution in [1.82, 2.24) is 9.55 Å². The van der Waals surface area contributed by atoms with Crippen LogP contribution < -0.4 is 5.32 Å². The van der Waals surface area contributed by atoms with Gasteiger partial charge in [0.05, 0.1) is 5.69 Å². The number of nitrogens with zero attached hydrogens (tertiary/aromatic N) is 2. The molecule has 1 heterocycles. The molecule has 0 radical (unpaired) electrons. The molecule has 18 heavy (non-hydrogen) atoms. The summed E-state index contributed by atoms with van der Waals surface area (Å²) < 4.78 is 15.4. The summed E-state index contributed by atoms with van der Waals surface area (Å²) in [4.78, 5) is 4.18. The lowest BCUT2D eigenvalue weighted by molar-refractivity contribution is 0.617. The Morgan fingerprint density at radius 1 is 1.44 bits per heavy atom. The third-order valence-electron chi connectivity index (χ3n) is 2.48. The first-order valence-electron chi connectivity index (χ1n) is 5.80. The molecule has 96 valence electrons. The summed E-state index contributed by atoms with van der Waals surface area (Å²) in [6.45, 7) is 4.97. The predicted octanol–water partition coefficient (Wildman–Crippen LogP) is 3.73. The van der Waals surface area contributed by atoms with E-state index in [9.17, 15) is 4.39 Å². The van der Waals surface area contributed by atoms with Gasteiger partial charge < -0.3 is 5.32 Å². The molecule has 1 aromatic carbocycles. The minimum atomic E-state index is -0.329. The maximum absolute atomic E-state index is 13.8. The third kappa shape index (κ3) is 2.82. The fraction of sp³-hybridized carbons (Fsp3) is 0.308. The SMILES string of the molecule is CC(C)CNc1nccn1-c1cc(Cl)ccc1F. The normalized spacial score (nSPS) is 10.9.